The van der Waals surface area contributed by atoms with Gasteiger partial charge >= 0.3 is 0 Å². The maximum atomic E-state index is 12.3. The van der Waals surface area contributed by atoms with Crippen molar-refractivity contribution in [2.45, 2.75) is 19.8 Å². The largest absolute Gasteiger partial charge is 0.508 e. The smallest absolute Gasteiger partial charge is 0.164 e. The molecular formula is C15H22N2O2. The number of benzene rings is 1. The number of hydrogen-bond donors (Lipinski definition) is 2. The van der Waals surface area contributed by atoms with Crippen LogP contribution in [0.1, 0.15) is 29.3 Å². The third kappa shape index (κ3) is 3.78. The summed E-state index contributed by atoms with van der Waals surface area (Å²) in [6, 6.07) is 5.03. The minimum atomic E-state index is 0.176. The molecule has 4 heteroatoms. The summed E-state index contributed by atoms with van der Waals surface area (Å²) in [4.78, 5) is 14.6. The first-order valence-electron chi connectivity index (χ1n) is 6.99. The molecule has 1 heterocycles. The Morgan fingerprint density at radius 3 is 2.79 bits per heavy atom. The summed E-state index contributed by atoms with van der Waals surface area (Å²) in [5.74, 6) is 0.408. The Labute approximate surface area is 114 Å². The summed E-state index contributed by atoms with van der Waals surface area (Å²) < 4.78 is 0. The van der Waals surface area contributed by atoms with E-state index in [4.69, 9.17) is 0 Å². The minimum absolute atomic E-state index is 0.176. The van der Waals surface area contributed by atoms with Crippen molar-refractivity contribution in [2.75, 3.05) is 32.7 Å². The molecule has 0 atom stereocenters. The quantitative estimate of drug-likeness (QED) is 0.788. The van der Waals surface area contributed by atoms with Crippen LogP contribution in [0, 0.1) is 0 Å². The van der Waals surface area contributed by atoms with Crippen LogP contribution in [0.4, 0.5) is 0 Å². The van der Waals surface area contributed by atoms with Gasteiger partial charge in [-0.3, -0.25) is 4.79 Å². The molecule has 0 radical (unpaired) electrons. The Bertz CT molecular complexity index is 440. The third-order valence-corrected chi connectivity index (χ3v) is 3.63. The van der Waals surface area contributed by atoms with Crippen LogP contribution in [0.2, 0.25) is 0 Å². The second-order valence-electron chi connectivity index (χ2n) is 4.96. The fourth-order valence-electron chi connectivity index (χ4n) is 2.47. The summed E-state index contributed by atoms with van der Waals surface area (Å²) in [5.41, 5.74) is 1.70. The number of aromatic hydroxyl groups is 1. The maximum Gasteiger partial charge on any atom is 0.164 e. The van der Waals surface area contributed by atoms with Crippen molar-refractivity contribution < 1.29 is 9.90 Å². The first kappa shape index (κ1) is 14.0. The number of Topliss-reactive ketones (excluding diaryl/α,β-unsaturated/α-hetero) is 1. The number of phenols is 1. The first-order valence-corrected chi connectivity index (χ1v) is 6.99. The zero-order valence-electron chi connectivity index (χ0n) is 11.5. The molecule has 1 aliphatic heterocycles. The number of ketones is 1. The van der Waals surface area contributed by atoms with Crippen LogP contribution in [0.3, 0.4) is 0 Å². The van der Waals surface area contributed by atoms with E-state index in [1.807, 2.05) is 6.92 Å². The number of nitrogens with one attached hydrogen (secondary N) is 1. The molecule has 4 nitrogen and oxygen atoms in total. The summed E-state index contributed by atoms with van der Waals surface area (Å²) in [7, 11) is 0. The number of rotatable bonds is 5. The molecule has 1 fully saturated rings. The number of carbonyl (C=O) groups excluding carboxylic acids is 1. The average Bonchev–Trinajstić information content (AvgIpc) is 2.45. The zero-order chi connectivity index (χ0) is 13.7. The molecule has 2 rings (SSSR count). The summed E-state index contributed by atoms with van der Waals surface area (Å²) >= 11 is 0. The van der Waals surface area contributed by atoms with Crippen molar-refractivity contribution >= 4 is 5.78 Å². The Kier molecular flexibility index (Phi) is 4.93. The van der Waals surface area contributed by atoms with E-state index in [2.05, 4.69) is 10.2 Å². The van der Waals surface area contributed by atoms with E-state index >= 15 is 0 Å². The molecule has 0 spiro atoms. The lowest BCUT2D eigenvalue weighted by Gasteiger charge is -2.26. The second kappa shape index (κ2) is 6.68. The first-order chi connectivity index (χ1) is 9.20. The number of carbonyl (C=O) groups is 1. The molecule has 19 heavy (non-hydrogen) atoms. The fourth-order valence-corrected chi connectivity index (χ4v) is 2.47. The average molecular weight is 262 g/mol. The maximum absolute atomic E-state index is 12.3. The molecule has 1 aliphatic rings. The SMILES string of the molecule is CCc1cc(O)ccc1C(=O)CCN1CCNCC1. The van der Waals surface area contributed by atoms with E-state index in [1.54, 1.807) is 18.2 Å². The Morgan fingerprint density at radius 2 is 2.11 bits per heavy atom. The van der Waals surface area contributed by atoms with Crippen molar-refractivity contribution in [2.24, 2.45) is 0 Å². The van der Waals surface area contributed by atoms with Crippen molar-refractivity contribution in [1.82, 2.24) is 10.2 Å². The highest BCUT2D eigenvalue weighted by molar-refractivity contribution is 5.97. The Morgan fingerprint density at radius 1 is 1.37 bits per heavy atom. The monoisotopic (exact) mass is 262 g/mol. The van der Waals surface area contributed by atoms with Gasteiger partial charge in [-0.25, -0.2) is 0 Å². The van der Waals surface area contributed by atoms with E-state index in [1.165, 1.54) is 0 Å². The molecule has 104 valence electrons. The van der Waals surface area contributed by atoms with Gasteiger partial charge < -0.3 is 15.3 Å². The number of piperazine rings is 1. The van der Waals surface area contributed by atoms with E-state index in [0.29, 0.717) is 6.42 Å². The molecule has 1 saturated heterocycles. The lowest BCUT2D eigenvalue weighted by atomic mass is 9.99. The van der Waals surface area contributed by atoms with Gasteiger partial charge in [0, 0.05) is 44.7 Å². The zero-order valence-corrected chi connectivity index (χ0v) is 11.5. The molecule has 0 saturated carbocycles. The Hall–Kier alpha value is -1.39. The summed E-state index contributed by atoms with van der Waals surface area (Å²) in [5, 5.41) is 12.8. The van der Waals surface area contributed by atoms with Gasteiger partial charge in [-0.1, -0.05) is 6.92 Å². The van der Waals surface area contributed by atoms with Gasteiger partial charge in [-0.2, -0.15) is 0 Å². The van der Waals surface area contributed by atoms with Crippen molar-refractivity contribution in [3.05, 3.63) is 29.3 Å². The lowest BCUT2D eigenvalue weighted by molar-refractivity contribution is 0.0960. The van der Waals surface area contributed by atoms with Crippen LogP contribution in [-0.4, -0.2) is 48.5 Å². The van der Waals surface area contributed by atoms with E-state index in [0.717, 1.165) is 50.3 Å². The van der Waals surface area contributed by atoms with Gasteiger partial charge in [0.25, 0.3) is 0 Å². The molecule has 0 aliphatic carbocycles. The van der Waals surface area contributed by atoms with Crippen LogP contribution in [-0.2, 0) is 6.42 Å². The second-order valence-corrected chi connectivity index (χ2v) is 4.96. The molecule has 0 amide bonds. The van der Waals surface area contributed by atoms with Gasteiger partial charge in [-0.05, 0) is 30.2 Å². The van der Waals surface area contributed by atoms with Crippen LogP contribution in [0.15, 0.2) is 18.2 Å². The highest BCUT2D eigenvalue weighted by Gasteiger charge is 2.14. The molecule has 2 N–H and O–H groups in total. The number of nitrogens with zero attached hydrogens (tertiary/aromatic N) is 1. The van der Waals surface area contributed by atoms with Crippen LogP contribution < -0.4 is 5.32 Å². The van der Waals surface area contributed by atoms with Gasteiger partial charge in [0.2, 0.25) is 0 Å². The van der Waals surface area contributed by atoms with Crippen LogP contribution in [0.25, 0.3) is 0 Å². The molecule has 0 aromatic heterocycles. The van der Waals surface area contributed by atoms with Crippen molar-refractivity contribution in [1.29, 1.82) is 0 Å². The number of hydrogen-bond acceptors (Lipinski definition) is 4. The van der Waals surface area contributed by atoms with E-state index in [-0.39, 0.29) is 11.5 Å². The van der Waals surface area contributed by atoms with Gasteiger partial charge in [-0.15, -0.1) is 0 Å². The predicted molar refractivity (Wildman–Crippen MR) is 75.7 cm³/mol. The van der Waals surface area contributed by atoms with E-state index < -0.39 is 0 Å². The molecule has 1 aromatic carbocycles. The Balaban J connectivity index is 1.95. The van der Waals surface area contributed by atoms with Crippen LogP contribution >= 0.6 is 0 Å². The highest BCUT2D eigenvalue weighted by atomic mass is 16.3. The molecule has 0 bridgehead atoms. The third-order valence-electron chi connectivity index (χ3n) is 3.63. The topological polar surface area (TPSA) is 52.6 Å². The van der Waals surface area contributed by atoms with Crippen molar-refractivity contribution in [3.8, 4) is 5.75 Å². The van der Waals surface area contributed by atoms with Gasteiger partial charge in [0.1, 0.15) is 5.75 Å². The van der Waals surface area contributed by atoms with Gasteiger partial charge in [0.05, 0.1) is 0 Å². The number of aryl methyl sites for hydroxylation is 1. The minimum Gasteiger partial charge on any atom is -0.508 e. The lowest BCUT2D eigenvalue weighted by Crippen LogP contribution is -2.44. The summed E-state index contributed by atoms with van der Waals surface area (Å²) in [6.45, 7) is 6.88. The normalized spacial score (nSPS) is 16.5. The van der Waals surface area contributed by atoms with Crippen LogP contribution in [0.5, 0.6) is 5.75 Å². The number of phenolic OH excluding ortho intramolecular Hbond substituents is 1. The predicted octanol–water partition coefficient (Wildman–Crippen LogP) is 1.43. The summed E-state index contributed by atoms with van der Waals surface area (Å²) in [6.07, 6.45) is 1.32. The fraction of sp³-hybridized carbons (Fsp3) is 0.533. The molecular weight excluding hydrogens is 240 g/mol. The van der Waals surface area contributed by atoms with Crippen molar-refractivity contribution in [3.63, 3.8) is 0 Å². The molecule has 0 unspecified atom stereocenters. The molecule has 1 aromatic rings. The van der Waals surface area contributed by atoms with Gasteiger partial charge in [0.15, 0.2) is 5.78 Å². The highest BCUT2D eigenvalue weighted by Crippen LogP contribution is 2.18. The standard InChI is InChI=1S/C15H22N2O2/c1-2-12-11-13(18)3-4-14(12)15(19)5-8-17-9-6-16-7-10-17/h3-4,11,16,18H,2,5-10H2,1H3. The van der Waals surface area contributed by atoms with E-state index in [9.17, 15) is 9.90 Å².